The molecule has 0 radical (unpaired) electrons. The van der Waals surface area contributed by atoms with Crippen molar-refractivity contribution in [1.29, 1.82) is 0 Å². The number of aliphatic carboxylic acids is 1. The molecule has 2 aliphatic rings. The first kappa shape index (κ1) is 15.3. The Balaban J connectivity index is 1.88. The Hall–Kier alpha value is -1.10. The molecule has 114 valence electrons. The molecule has 0 aromatic carbocycles. The highest BCUT2D eigenvalue weighted by atomic mass is 16.4. The van der Waals surface area contributed by atoms with Crippen LogP contribution in [-0.2, 0) is 9.59 Å². The molecule has 0 aromatic rings. The zero-order chi connectivity index (χ0) is 14.5. The number of carboxylic acid groups (broad SMARTS) is 1. The van der Waals surface area contributed by atoms with Gasteiger partial charge in [-0.25, -0.2) is 0 Å². The molecule has 2 atom stereocenters. The number of carbonyl (C=O) groups is 2. The standard InChI is InChI=1S/C15H26N2O3/c1-2-4-14(18)17-9-12(15(19)20)7-13(10-17)16-8-11-5-3-6-11/h11-13,16H,2-10H2,1H3,(H,19,20). The highest BCUT2D eigenvalue weighted by molar-refractivity contribution is 5.78. The van der Waals surface area contributed by atoms with Gasteiger partial charge in [0.25, 0.3) is 0 Å². The fourth-order valence-corrected chi connectivity index (χ4v) is 3.03. The lowest BCUT2D eigenvalue weighted by molar-refractivity contribution is -0.146. The van der Waals surface area contributed by atoms with Crippen molar-refractivity contribution in [1.82, 2.24) is 10.2 Å². The van der Waals surface area contributed by atoms with Gasteiger partial charge in [0.15, 0.2) is 0 Å². The maximum absolute atomic E-state index is 12.0. The van der Waals surface area contributed by atoms with Crippen LogP contribution >= 0.6 is 0 Å². The molecule has 2 rings (SSSR count). The molecular formula is C15H26N2O3. The Labute approximate surface area is 120 Å². The van der Waals surface area contributed by atoms with Crippen molar-refractivity contribution < 1.29 is 14.7 Å². The van der Waals surface area contributed by atoms with Crippen LogP contribution in [-0.4, -0.2) is 47.6 Å². The second-order valence-electron chi connectivity index (χ2n) is 6.22. The van der Waals surface area contributed by atoms with Crippen molar-refractivity contribution in [3.8, 4) is 0 Å². The SMILES string of the molecule is CCCC(=O)N1CC(NCC2CCC2)CC(C(=O)O)C1. The van der Waals surface area contributed by atoms with E-state index in [2.05, 4.69) is 5.32 Å². The summed E-state index contributed by atoms with van der Waals surface area (Å²) in [7, 11) is 0. The third-order valence-electron chi connectivity index (χ3n) is 4.54. The van der Waals surface area contributed by atoms with Crippen LogP contribution in [0.2, 0.25) is 0 Å². The van der Waals surface area contributed by atoms with E-state index in [0.717, 1.165) is 18.9 Å². The molecule has 1 aliphatic carbocycles. The first-order valence-corrected chi connectivity index (χ1v) is 7.84. The average molecular weight is 282 g/mol. The molecular weight excluding hydrogens is 256 g/mol. The third kappa shape index (κ3) is 3.95. The number of nitrogens with one attached hydrogen (secondary N) is 1. The molecule has 5 heteroatoms. The van der Waals surface area contributed by atoms with Crippen LogP contribution in [0.5, 0.6) is 0 Å². The lowest BCUT2D eigenvalue weighted by Crippen LogP contribution is -2.53. The Morgan fingerprint density at radius 3 is 2.60 bits per heavy atom. The Bertz CT molecular complexity index is 355. The molecule has 5 nitrogen and oxygen atoms in total. The summed E-state index contributed by atoms with van der Waals surface area (Å²) in [5.74, 6) is -0.369. The minimum absolute atomic E-state index is 0.0916. The molecule has 1 amide bonds. The molecule has 1 saturated carbocycles. The van der Waals surface area contributed by atoms with Gasteiger partial charge >= 0.3 is 5.97 Å². The molecule has 1 aliphatic heterocycles. The molecule has 1 saturated heterocycles. The summed E-state index contributed by atoms with van der Waals surface area (Å²) < 4.78 is 0. The number of nitrogens with zero attached hydrogens (tertiary/aromatic N) is 1. The summed E-state index contributed by atoms with van der Waals surface area (Å²) in [5.41, 5.74) is 0. The van der Waals surface area contributed by atoms with Crippen LogP contribution in [0.15, 0.2) is 0 Å². The largest absolute Gasteiger partial charge is 0.481 e. The van der Waals surface area contributed by atoms with Gasteiger partial charge in [0.2, 0.25) is 5.91 Å². The van der Waals surface area contributed by atoms with E-state index in [9.17, 15) is 14.7 Å². The van der Waals surface area contributed by atoms with Gasteiger partial charge in [-0.1, -0.05) is 13.3 Å². The van der Waals surface area contributed by atoms with E-state index in [1.54, 1.807) is 4.90 Å². The number of carbonyl (C=O) groups excluding carboxylic acids is 1. The fraction of sp³-hybridized carbons (Fsp3) is 0.867. The monoisotopic (exact) mass is 282 g/mol. The number of piperidine rings is 1. The van der Waals surface area contributed by atoms with Gasteiger partial charge in [-0.2, -0.15) is 0 Å². The van der Waals surface area contributed by atoms with E-state index in [-0.39, 0.29) is 11.9 Å². The first-order chi connectivity index (χ1) is 9.60. The average Bonchev–Trinajstić information content (AvgIpc) is 2.36. The van der Waals surface area contributed by atoms with Crippen LogP contribution in [0.25, 0.3) is 0 Å². The summed E-state index contributed by atoms with van der Waals surface area (Å²) in [6, 6.07) is 0.131. The number of likely N-dealkylation sites (tertiary alicyclic amines) is 1. The highest BCUT2D eigenvalue weighted by Crippen LogP contribution is 2.26. The Morgan fingerprint density at radius 2 is 2.05 bits per heavy atom. The van der Waals surface area contributed by atoms with Crippen LogP contribution in [0, 0.1) is 11.8 Å². The molecule has 2 N–H and O–H groups in total. The van der Waals surface area contributed by atoms with Crippen LogP contribution in [0.1, 0.15) is 45.4 Å². The van der Waals surface area contributed by atoms with Crippen molar-refractivity contribution in [2.45, 2.75) is 51.5 Å². The van der Waals surface area contributed by atoms with Gasteiger partial charge < -0.3 is 15.3 Å². The van der Waals surface area contributed by atoms with E-state index in [4.69, 9.17) is 0 Å². The Kier molecular flexibility index (Phi) is 5.40. The lowest BCUT2D eigenvalue weighted by atomic mass is 9.85. The van der Waals surface area contributed by atoms with Crippen molar-refractivity contribution in [2.24, 2.45) is 11.8 Å². The van der Waals surface area contributed by atoms with E-state index >= 15 is 0 Å². The summed E-state index contributed by atoms with van der Waals surface area (Å²) in [5, 5.41) is 12.7. The maximum atomic E-state index is 12.0. The van der Waals surface area contributed by atoms with Gasteiger partial charge in [0, 0.05) is 25.6 Å². The van der Waals surface area contributed by atoms with Gasteiger partial charge in [-0.3, -0.25) is 9.59 Å². The second kappa shape index (κ2) is 7.07. The molecule has 1 heterocycles. The Morgan fingerprint density at radius 1 is 1.30 bits per heavy atom. The third-order valence-corrected chi connectivity index (χ3v) is 4.54. The van der Waals surface area contributed by atoms with Crippen molar-refractivity contribution in [3.05, 3.63) is 0 Å². The molecule has 2 fully saturated rings. The molecule has 0 bridgehead atoms. The second-order valence-corrected chi connectivity index (χ2v) is 6.22. The topological polar surface area (TPSA) is 69.6 Å². The van der Waals surface area contributed by atoms with Gasteiger partial charge in [0.1, 0.15) is 0 Å². The van der Waals surface area contributed by atoms with E-state index in [1.807, 2.05) is 6.92 Å². The quantitative estimate of drug-likeness (QED) is 0.774. The van der Waals surface area contributed by atoms with Gasteiger partial charge in [0.05, 0.1) is 5.92 Å². The molecule has 0 aromatic heterocycles. The van der Waals surface area contributed by atoms with Gasteiger partial charge in [-0.15, -0.1) is 0 Å². The van der Waals surface area contributed by atoms with E-state index < -0.39 is 11.9 Å². The zero-order valence-corrected chi connectivity index (χ0v) is 12.3. The predicted molar refractivity (Wildman–Crippen MR) is 76.4 cm³/mol. The lowest BCUT2D eigenvalue weighted by Gasteiger charge is -2.38. The number of rotatable bonds is 6. The maximum Gasteiger partial charge on any atom is 0.308 e. The number of hydrogen-bond acceptors (Lipinski definition) is 3. The minimum Gasteiger partial charge on any atom is -0.481 e. The van der Waals surface area contributed by atoms with Gasteiger partial charge in [-0.05, 0) is 38.1 Å². The van der Waals surface area contributed by atoms with Crippen LogP contribution < -0.4 is 5.32 Å². The number of hydrogen-bond donors (Lipinski definition) is 2. The number of carboxylic acids is 1. The van der Waals surface area contributed by atoms with E-state index in [0.29, 0.717) is 25.9 Å². The normalized spacial score (nSPS) is 27.1. The fourth-order valence-electron chi connectivity index (χ4n) is 3.03. The van der Waals surface area contributed by atoms with E-state index in [1.165, 1.54) is 19.3 Å². The smallest absolute Gasteiger partial charge is 0.308 e. The van der Waals surface area contributed by atoms with Crippen molar-refractivity contribution >= 4 is 11.9 Å². The van der Waals surface area contributed by atoms with Crippen molar-refractivity contribution in [2.75, 3.05) is 19.6 Å². The number of amides is 1. The minimum atomic E-state index is -0.783. The highest BCUT2D eigenvalue weighted by Gasteiger charge is 2.33. The molecule has 20 heavy (non-hydrogen) atoms. The van der Waals surface area contributed by atoms with Crippen LogP contribution in [0.3, 0.4) is 0 Å². The molecule has 0 spiro atoms. The summed E-state index contributed by atoms with van der Waals surface area (Å²) >= 11 is 0. The summed E-state index contributed by atoms with van der Waals surface area (Å²) in [4.78, 5) is 25.0. The summed E-state index contributed by atoms with van der Waals surface area (Å²) in [6.07, 6.45) is 5.84. The van der Waals surface area contributed by atoms with Crippen molar-refractivity contribution in [3.63, 3.8) is 0 Å². The summed E-state index contributed by atoms with van der Waals surface area (Å²) in [6.45, 7) is 3.97. The zero-order valence-electron chi connectivity index (χ0n) is 12.3. The molecule has 2 unspecified atom stereocenters. The predicted octanol–water partition coefficient (Wildman–Crippen LogP) is 1.48. The first-order valence-electron chi connectivity index (χ1n) is 7.84. The van der Waals surface area contributed by atoms with Crippen LogP contribution in [0.4, 0.5) is 0 Å².